The molecule has 0 rings (SSSR count). The van der Waals surface area contributed by atoms with Crippen LogP contribution in [0.4, 0.5) is 0 Å². The minimum absolute atomic E-state index is 0. The maximum atomic E-state index is 4.01. The fraction of sp³-hybridized carbons (Fsp3) is 0. The van der Waals surface area contributed by atoms with Crippen molar-refractivity contribution >= 4 is 29.5 Å². The standard InChI is InChI=1S/CHS2.Na/c2-1-3;/h(H,2,3);/q-1;+1. The molecule has 0 aromatic carbocycles. The first kappa shape index (κ1) is 9.06. The summed E-state index contributed by atoms with van der Waals surface area (Å²) in [5.74, 6) is 0. The van der Waals surface area contributed by atoms with Gasteiger partial charge in [0, 0.05) is 0 Å². The van der Waals surface area contributed by atoms with Crippen molar-refractivity contribution in [1.82, 2.24) is 0 Å². The van der Waals surface area contributed by atoms with Crippen molar-refractivity contribution in [1.29, 1.82) is 0 Å². The molecular weight excluding hydrogens is 99.1 g/mol. The molecule has 0 unspecified atom stereocenters. The quantitative estimate of drug-likeness (QED) is 0.155. The number of thiocarbonyl (C=S) groups is 1. The molecule has 4 heavy (non-hydrogen) atoms. The monoisotopic (exact) mass is 99.9 g/mol. The summed E-state index contributed by atoms with van der Waals surface area (Å²) in [6, 6.07) is 0. The molecule has 0 fully saturated rings. The van der Waals surface area contributed by atoms with E-state index in [2.05, 4.69) is 24.8 Å². The third-order valence-electron chi connectivity index (χ3n) is 0. The van der Waals surface area contributed by atoms with Crippen LogP contribution in [0.2, 0.25) is 0 Å². The zero-order valence-electron chi connectivity index (χ0n) is 2.36. The van der Waals surface area contributed by atoms with E-state index >= 15 is 0 Å². The van der Waals surface area contributed by atoms with E-state index in [1.165, 1.54) is 0 Å². The molecule has 0 atom stereocenters. The Balaban J connectivity index is 0. The minimum Gasteiger partial charge on any atom is -0.364 e. The van der Waals surface area contributed by atoms with Gasteiger partial charge in [0.05, 0.1) is 0 Å². The Morgan fingerprint density at radius 1 is 1.75 bits per heavy atom. The summed E-state index contributed by atoms with van der Waals surface area (Å²) in [7, 11) is 0. The Bertz CT molecular complexity index is 13.5. The summed E-state index contributed by atoms with van der Waals surface area (Å²) in [5, 5.41) is 0. The molecule has 0 amide bonds. The molecule has 0 aliphatic carbocycles. The van der Waals surface area contributed by atoms with E-state index in [9.17, 15) is 0 Å². The van der Waals surface area contributed by atoms with Gasteiger partial charge in [0.15, 0.2) is 0 Å². The van der Waals surface area contributed by atoms with Crippen LogP contribution in [0.3, 0.4) is 0 Å². The summed E-state index contributed by atoms with van der Waals surface area (Å²) in [5.41, 5.74) is 0. The Hall–Kier alpha value is 1.44. The average molecular weight is 100 g/mol. The Labute approximate surface area is 58.7 Å². The Morgan fingerprint density at radius 3 is 1.75 bits per heavy atom. The van der Waals surface area contributed by atoms with Gasteiger partial charge in [-0.25, -0.2) is 0 Å². The first-order valence-electron chi connectivity index (χ1n) is 0.428. The molecule has 3 heteroatoms. The molecule has 0 N–H and O–H groups in total. The minimum atomic E-state index is 0. The average Bonchev–Trinajstić information content (AvgIpc) is 0.918. The van der Waals surface area contributed by atoms with Crippen LogP contribution in [0, 0.1) is 0 Å². The fourth-order valence-electron chi connectivity index (χ4n) is 0. The van der Waals surface area contributed by atoms with Crippen LogP contribution in [0.15, 0.2) is 0 Å². The van der Waals surface area contributed by atoms with Gasteiger partial charge in [-0.05, 0) is 0 Å². The second-order valence-electron chi connectivity index (χ2n) is 0.0913. The van der Waals surface area contributed by atoms with Crippen molar-refractivity contribution in [2.75, 3.05) is 0 Å². The second-order valence-corrected chi connectivity index (χ2v) is 0.822. The molecule has 0 spiro atoms. The van der Waals surface area contributed by atoms with E-state index < -0.39 is 0 Å². The summed E-state index contributed by atoms with van der Waals surface area (Å²) >= 11 is 7.36. The summed E-state index contributed by atoms with van der Waals surface area (Å²) in [4.78, 5) is 0. The largest absolute Gasteiger partial charge is 1.00 e. The van der Waals surface area contributed by atoms with Gasteiger partial charge in [-0.2, -0.15) is 0 Å². The number of hydrogen-bond donors (Lipinski definition) is 1. The first-order chi connectivity index (χ1) is 1.41. The first-order valence-corrected chi connectivity index (χ1v) is 1.28. The fourth-order valence-corrected chi connectivity index (χ4v) is 0. The van der Waals surface area contributed by atoms with Crippen molar-refractivity contribution < 1.29 is 29.6 Å². The van der Waals surface area contributed by atoms with E-state index in [1.54, 1.807) is 0 Å². The number of thiol groups is 1. The predicted octanol–water partition coefficient (Wildman–Crippen LogP) is -2.25. The molecular formula is CHNaS2. The number of hydrogen-bond acceptors (Lipinski definition) is 1. The van der Waals surface area contributed by atoms with E-state index in [-0.39, 0.29) is 29.6 Å². The van der Waals surface area contributed by atoms with Crippen molar-refractivity contribution in [3.05, 3.63) is 0 Å². The smallest absolute Gasteiger partial charge is 0.364 e. The van der Waals surface area contributed by atoms with E-state index in [4.69, 9.17) is 0 Å². The van der Waals surface area contributed by atoms with Gasteiger partial charge in [-0.15, -0.1) is 0 Å². The summed E-state index contributed by atoms with van der Waals surface area (Å²) in [6.07, 6.45) is 0. The van der Waals surface area contributed by atoms with Gasteiger partial charge in [-0.1, -0.05) is 0 Å². The van der Waals surface area contributed by atoms with Crippen LogP contribution in [-0.2, 0) is 0 Å². The van der Waals surface area contributed by atoms with Gasteiger partial charge in [0.1, 0.15) is 0 Å². The van der Waals surface area contributed by atoms with E-state index in [1.807, 2.05) is 4.70 Å². The Kier molecular flexibility index (Phi) is 20.0. The van der Waals surface area contributed by atoms with Crippen LogP contribution >= 0.6 is 24.8 Å². The van der Waals surface area contributed by atoms with Crippen LogP contribution in [0.5, 0.6) is 0 Å². The van der Waals surface area contributed by atoms with Crippen LogP contribution in [0.1, 0.15) is 0 Å². The van der Waals surface area contributed by atoms with E-state index in [0.717, 1.165) is 0 Å². The maximum Gasteiger partial charge on any atom is 1.00 e. The zero-order chi connectivity index (χ0) is 2.71. The van der Waals surface area contributed by atoms with Crippen molar-refractivity contribution in [2.24, 2.45) is 0 Å². The maximum absolute atomic E-state index is 4.01. The van der Waals surface area contributed by atoms with Gasteiger partial charge >= 0.3 is 29.6 Å². The third kappa shape index (κ3) is 9.88. The number of rotatable bonds is 0. The topological polar surface area (TPSA) is 0 Å². The van der Waals surface area contributed by atoms with Crippen LogP contribution in [0.25, 0.3) is 0 Å². The Morgan fingerprint density at radius 2 is 1.75 bits per heavy atom. The van der Waals surface area contributed by atoms with Crippen LogP contribution in [-0.4, -0.2) is 4.70 Å². The molecule has 0 aromatic rings. The molecule has 0 radical (unpaired) electrons. The molecule has 0 nitrogen and oxygen atoms in total. The molecule has 0 aromatic heterocycles. The van der Waals surface area contributed by atoms with Crippen molar-refractivity contribution in [3.63, 3.8) is 0 Å². The van der Waals surface area contributed by atoms with Gasteiger partial charge in [0.25, 0.3) is 0 Å². The van der Waals surface area contributed by atoms with Crippen molar-refractivity contribution in [3.8, 4) is 0 Å². The second kappa shape index (κ2) is 8.83. The van der Waals surface area contributed by atoms with Gasteiger partial charge in [0.2, 0.25) is 0 Å². The molecule has 0 bridgehead atoms. The van der Waals surface area contributed by atoms with Crippen molar-refractivity contribution in [2.45, 2.75) is 0 Å². The third-order valence-corrected chi connectivity index (χ3v) is 0. The zero-order valence-corrected chi connectivity index (χ0v) is 6.07. The molecule has 0 saturated carbocycles. The molecule has 0 aliphatic heterocycles. The SMILES string of the molecule is S=[C-]S.[Na+]. The molecule has 18 valence electrons. The molecule has 0 aliphatic rings. The summed E-state index contributed by atoms with van der Waals surface area (Å²) in [6.45, 7) is 0. The van der Waals surface area contributed by atoms with Gasteiger partial charge < -0.3 is 29.5 Å². The summed E-state index contributed by atoms with van der Waals surface area (Å²) < 4.78 is 2.03. The molecule has 0 saturated heterocycles. The van der Waals surface area contributed by atoms with Gasteiger partial charge in [-0.3, -0.25) is 0 Å². The molecule has 0 heterocycles. The van der Waals surface area contributed by atoms with E-state index in [0.29, 0.717) is 0 Å². The normalized spacial score (nSPS) is 3.25. The predicted molar refractivity (Wildman–Crippen MR) is 21.6 cm³/mol. The van der Waals surface area contributed by atoms with Crippen LogP contribution < -0.4 is 29.6 Å².